The summed E-state index contributed by atoms with van der Waals surface area (Å²) in [5.74, 6) is 0. The minimum atomic E-state index is 0.0708. The number of aliphatic hydroxyl groups excluding tert-OH is 1. The van der Waals surface area contributed by atoms with Crippen molar-refractivity contribution < 1.29 is 9.84 Å². The minimum absolute atomic E-state index is 0.0708. The minimum Gasteiger partial charge on any atom is -0.391 e. The Balaban J connectivity index is 2.59. The largest absolute Gasteiger partial charge is 0.391 e. The lowest BCUT2D eigenvalue weighted by molar-refractivity contribution is 0.184. The fraction of sp³-hybridized carbons (Fsp3) is 0.500. The molecule has 0 aliphatic heterocycles. The number of methoxy groups -OCH3 is 1. The summed E-state index contributed by atoms with van der Waals surface area (Å²) in [6, 6.07) is 0. The molecule has 10 heavy (non-hydrogen) atoms. The quantitative estimate of drug-likeness (QED) is 0.708. The van der Waals surface area contributed by atoms with Gasteiger partial charge in [-0.25, -0.2) is 4.98 Å². The zero-order valence-corrected chi connectivity index (χ0v) is 6.52. The van der Waals surface area contributed by atoms with Crippen molar-refractivity contribution in [2.75, 3.05) is 7.11 Å². The highest BCUT2D eigenvalue weighted by Crippen LogP contribution is 2.12. The zero-order valence-electron chi connectivity index (χ0n) is 5.70. The summed E-state index contributed by atoms with van der Waals surface area (Å²) >= 11 is 1.47. The predicted molar refractivity (Wildman–Crippen MR) is 38.7 cm³/mol. The van der Waals surface area contributed by atoms with Gasteiger partial charge in [-0.15, -0.1) is 11.3 Å². The number of hydrogen-bond donors (Lipinski definition) is 1. The number of hydrogen-bond acceptors (Lipinski definition) is 4. The number of nitrogens with zero attached hydrogens (tertiary/aromatic N) is 1. The van der Waals surface area contributed by atoms with Gasteiger partial charge < -0.3 is 9.84 Å². The lowest BCUT2D eigenvalue weighted by atomic mass is 10.6. The van der Waals surface area contributed by atoms with E-state index < -0.39 is 0 Å². The molecule has 0 fully saturated rings. The molecule has 1 aromatic heterocycles. The third-order valence-electron chi connectivity index (χ3n) is 1.03. The SMILES string of the molecule is COCc1ncc(CO)s1. The van der Waals surface area contributed by atoms with Crippen molar-refractivity contribution in [1.82, 2.24) is 4.98 Å². The molecule has 0 spiro atoms. The summed E-state index contributed by atoms with van der Waals surface area (Å²) in [7, 11) is 1.63. The fourth-order valence-corrected chi connectivity index (χ4v) is 1.37. The predicted octanol–water partition coefficient (Wildman–Crippen LogP) is 0.782. The summed E-state index contributed by atoms with van der Waals surface area (Å²) in [5.41, 5.74) is 0. The van der Waals surface area contributed by atoms with Gasteiger partial charge in [-0.2, -0.15) is 0 Å². The van der Waals surface area contributed by atoms with Crippen molar-refractivity contribution in [3.05, 3.63) is 16.1 Å². The van der Waals surface area contributed by atoms with Crippen molar-refractivity contribution in [3.63, 3.8) is 0 Å². The summed E-state index contributed by atoms with van der Waals surface area (Å²) in [6.07, 6.45) is 1.67. The Hall–Kier alpha value is -0.450. The Kier molecular flexibility index (Phi) is 2.80. The average molecular weight is 159 g/mol. The Morgan fingerprint density at radius 1 is 1.80 bits per heavy atom. The molecule has 0 amide bonds. The smallest absolute Gasteiger partial charge is 0.119 e. The second kappa shape index (κ2) is 3.65. The summed E-state index contributed by atoms with van der Waals surface area (Å²) < 4.78 is 4.85. The number of aromatic nitrogens is 1. The molecule has 0 unspecified atom stereocenters. The second-order valence-corrected chi connectivity index (χ2v) is 3.01. The van der Waals surface area contributed by atoms with Crippen LogP contribution < -0.4 is 0 Å². The Labute approximate surface area is 63.3 Å². The Morgan fingerprint density at radius 2 is 2.60 bits per heavy atom. The van der Waals surface area contributed by atoms with Crippen LogP contribution in [0.3, 0.4) is 0 Å². The first-order valence-electron chi connectivity index (χ1n) is 2.90. The van der Waals surface area contributed by atoms with Crippen LogP contribution in [-0.2, 0) is 18.0 Å². The van der Waals surface area contributed by atoms with Gasteiger partial charge in [-0.1, -0.05) is 0 Å². The molecule has 0 radical (unpaired) electrons. The second-order valence-electron chi connectivity index (χ2n) is 1.81. The lowest BCUT2D eigenvalue weighted by Crippen LogP contribution is -1.82. The Morgan fingerprint density at radius 3 is 3.10 bits per heavy atom. The van der Waals surface area contributed by atoms with Gasteiger partial charge in [-0.05, 0) is 0 Å². The van der Waals surface area contributed by atoms with E-state index in [9.17, 15) is 0 Å². The van der Waals surface area contributed by atoms with Crippen LogP contribution >= 0.6 is 11.3 Å². The van der Waals surface area contributed by atoms with Crippen LogP contribution in [0.2, 0.25) is 0 Å². The van der Waals surface area contributed by atoms with Crippen LogP contribution in [0.5, 0.6) is 0 Å². The molecule has 0 aliphatic carbocycles. The van der Waals surface area contributed by atoms with Crippen molar-refractivity contribution in [2.45, 2.75) is 13.2 Å². The maximum atomic E-state index is 8.65. The third-order valence-corrected chi connectivity index (χ3v) is 1.98. The number of ether oxygens (including phenoxy) is 1. The molecule has 0 atom stereocenters. The van der Waals surface area contributed by atoms with Gasteiger partial charge in [0.2, 0.25) is 0 Å². The topological polar surface area (TPSA) is 42.4 Å². The van der Waals surface area contributed by atoms with Crippen LogP contribution in [0.1, 0.15) is 9.88 Å². The van der Waals surface area contributed by atoms with E-state index in [1.54, 1.807) is 13.3 Å². The molecule has 3 nitrogen and oxygen atoms in total. The number of rotatable bonds is 3. The molecule has 1 heterocycles. The molecule has 1 rings (SSSR count). The van der Waals surface area contributed by atoms with E-state index in [-0.39, 0.29) is 6.61 Å². The highest BCUT2D eigenvalue weighted by molar-refractivity contribution is 7.11. The summed E-state index contributed by atoms with van der Waals surface area (Å²) in [6.45, 7) is 0.603. The molecule has 0 aliphatic rings. The maximum absolute atomic E-state index is 8.65. The number of thiazole rings is 1. The van der Waals surface area contributed by atoms with E-state index in [1.165, 1.54) is 11.3 Å². The molecule has 0 bridgehead atoms. The molecular weight excluding hydrogens is 150 g/mol. The van der Waals surface area contributed by atoms with Gasteiger partial charge in [0.25, 0.3) is 0 Å². The standard InChI is InChI=1S/C6H9NO2S/c1-9-4-6-7-2-5(3-8)10-6/h2,8H,3-4H2,1H3. The molecule has 4 heteroatoms. The molecule has 1 N–H and O–H groups in total. The van der Waals surface area contributed by atoms with Gasteiger partial charge >= 0.3 is 0 Å². The Bertz CT molecular complexity index is 199. The van der Waals surface area contributed by atoms with Gasteiger partial charge in [0, 0.05) is 13.3 Å². The monoisotopic (exact) mass is 159 g/mol. The van der Waals surface area contributed by atoms with Gasteiger partial charge in [0.15, 0.2) is 0 Å². The van der Waals surface area contributed by atoms with E-state index in [1.807, 2.05) is 0 Å². The van der Waals surface area contributed by atoms with Crippen LogP contribution in [-0.4, -0.2) is 17.2 Å². The summed E-state index contributed by atoms with van der Waals surface area (Å²) in [5, 5.41) is 9.56. The van der Waals surface area contributed by atoms with Gasteiger partial charge in [0.1, 0.15) is 5.01 Å². The maximum Gasteiger partial charge on any atom is 0.119 e. The van der Waals surface area contributed by atoms with Crippen LogP contribution in [0, 0.1) is 0 Å². The first kappa shape index (κ1) is 7.65. The molecule has 56 valence electrons. The number of aliphatic hydroxyl groups is 1. The van der Waals surface area contributed by atoms with Crippen molar-refractivity contribution in [3.8, 4) is 0 Å². The highest BCUT2D eigenvalue weighted by atomic mass is 32.1. The lowest BCUT2D eigenvalue weighted by Gasteiger charge is -1.88. The molecule has 0 saturated carbocycles. The molecular formula is C6H9NO2S. The van der Waals surface area contributed by atoms with Gasteiger partial charge in [0.05, 0.1) is 18.1 Å². The average Bonchev–Trinajstić information content (AvgIpc) is 2.37. The third kappa shape index (κ3) is 1.76. The molecule has 0 aromatic carbocycles. The first-order chi connectivity index (χ1) is 4.86. The molecule has 1 aromatic rings. The highest BCUT2D eigenvalue weighted by Gasteiger charge is 1.98. The molecule has 0 saturated heterocycles. The van der Waals surface area contributed by atoms with E-state index in [0.29, 0.717) is 6.61 Å². The van der Waals surface area contributed by atoms with Crippen LogP contribution in [0.25, 0.3) is 0 Å². The summed E-state index contributed by atoms with van der Waals surface area (Å²) in [4.78, 5) is 4.89. The van der Waals surface area contributed by atoms with Crippen LogP contribution in [0.4, 0.5) is 0 Å². The van der Waals surface area contributed by atoms with E-state index in [2.05, 4.69) is 4.98 Å². The first-order valence-corrected chi connectivity index (χ1v) is 3.72. The van der Waals surface area contributed by atoms with Crippen molar-refractivity contribution >= 4 is 11.3 Å². The van der Waals surface area contributed by atoms with E-state index >= 15 is 0 Å². The van der Waals surface area contributed by atoms with E-state index in [0.717, 1.165) is 9.88 Å². The zero-order chi connectivity index (χ0) is 7.40. The van der Waals surface area contributed by atoms with E-state index in [4.69, 9.17) is 9.84 Å². The van der Waals surface area contributed by atoms with Crippen molar-refractivity contribution in [1.29, 1.82) is 0 Å². The van der Waals surface area contributed by atoms with Gasteiger partial charge in [-0.3, -0.25) is 0 Å². The normalized spacial score (nSPS) is 10.2. The van der Waals surface area contributed by atoms with Crippen molar-refractivity contribution in [2.24, 2.45) is 0 Å². The fourth-order valence-electron chi connectivity index (χ4n) is 0.611. The van der Waals surface area contributed by atoms with Crippen LogP contribution in [0.15, 0.2) is 6.20 Å².